The van der Waals surface area contributed by atoms with Crippen LogP contribution in [0.5, 0.6) is 5.75 Å². The fourth-order valence-corrected chi connectivity index (χ4v) is 4.02. The standard InChI is InChI=1S/C27H29N3O2/c1-18(2)16-24-27(30-25(31)11-7-10-19-8-5-4-6-9-19)29-23-15-12-20-17-21(32-3)13-14-22(20)26(23)28-24/h4-6,8-9,13-14,16-17H,7,10-12,15H2,1-3H3,(H,29,30,31). The highest BCUT2D eigenvalue weighted by molar-refractivity contribution is 5.91. The first-order chi connectivity index (χ1) is 15.5. The van der Waals surface area contributed by atoms with Crippen LogP contribution in [0.3, 0.4) is 0 Å². The number of aryl methyl sites for hydroxylation is 3. The molecule has 0 radical (unpaired) electrons. The number of benzene rings is 2. The predicted molar refractivity (Wildman–Crippen MR) is 129 cm³/mol. The van der Waals surface area contributed by atoms with Crippen molar-refractivity contribution in [2.45, 2.75) is 46.0 Å². The second-order valence-electron chi connectivity index (χ2n) is 8.38. The minimum atomic E-state index is -0.0282. The van der Waals surface area contributed by atoms with Crippen molar-refractivity contribution in [2.24, 2.45) is 0 Å². The molecule has 0 saturated heterocycles. The summed E-state index contributed by atoms with van der Waals surface area (Å²) in [5.74, 6) is 1.37. The van der Waals surface area contributed by atoms with Crippen LogP contribution in [0.25, 0.3) is 17.3 Å². The van der Waals surface area contributed by atoms with Crippen molar-refractivity contribution < 1.29 is 9.53 Å². The van der Waals surface area contributed by atoms with Crippen molar-refractivity contribution in [2.75, 3.05) is 12.4 Å². The van der Waals surface area contributed by atoms with E-state index in [0.717, 1.165) is 54.0 Å². The van der Waals surface area contributed by atoms with Gasteiger partial charge in [0.25, 0.3) is 0 Å². The number of nitrogens with zero attached hydrogens (tertiary/aromatic N) is 2. The average Bonchev–Trinajstić information content (AvgIpc) is 2.79. The number of fused-ring (bicyclic) bond motifs is 3. The van der Waals surface area contributed by atoms with Gasteiger partial charge in [0, 0.05) is 12.0 Å². The van der Waals surface area contributed by atoms with Gasteiger partial charge in [-0.25, -0.2) is 9.97 Å². The Morgan fingerprint density at radius 2 is 1.91 bits per heavy atom. The molecule has 5 heteroatoms. The van der Waals surface area contributed by atoms with Crippen LogP contribution in [-0.2, 0) is 24.1 Å². The van der Waals surface area contributed by atoms with Gasteiger partial charge in [-0.1, -0.05) is 35.9 Å². The molecular formula is C27H29N3O2. The van der Waals surface area contributed by atoms with Gasteiger partial charge < -0.3 is 10.1 Å². The summed E-state index contributed by atoms with van der Waals surface area (Å²) in [5, 5.41) is 3.02. The first kappa shape index (κ1) is 21.8. The van der Waals surface area contributed by atoms with E-state index in [9.17, 15) is 4.79 Å². The van der Waals surface area contributed by atoms with Crippen LogP contribution >= 0.6 is 0 Å². The Morgan fingerprint density at radius 3 is 2.66 bits per heavy atom. The molecule has 4 rings (SSSR count). The molecule has 5 nitrogen and oxygen atoms in total. The van der Waals surface area contributed by atoms with E-state index in [-0.39, 0.29) is 5.91 Å². The second kappa shape index (κ2) is 9.77. The van der Waals surface area contributed by atoms with Crippen molar-refractivity contribution in [1.29, 1.82) is 0 Å². The lowest BCUT2D eigenvalue weighted by molar-refractivity contribution is -0.116. The Balaban J connectivity index is 1.56. The van der Waals surface area contributed by atoms with Crippen LogP contribution in [-0.4, -0.2) is 23.0 Å². The van der Waals surface area contributed by atoms with E-state index >= 15 is 0 Å². The molecule has 0 bridgehead atoms. The molecule has 1 heterocycles. The van der Waals surface area contributed by atoms with Crippen LogP contribution in [0.1, 0.15) is 49.2 Å². The Hall–Kier alpha value is -3.47. The molecule has 1 N–H and O–H groups in total. The van der Waals surface area contributed by atoms with E-state index in [0.29, 0.717) is 17.9 Å². The topological polar surface area (TPSA) is 64.1 Å². The van der Waals surface area contributed by atoms with Gasteiger partial charge in [-0.05, 0) is 74.9 Å². The van der Waals surface area contributed by atoms with E-state index in [1.807, 2.05) is 44.2 Å². The second-order valence-corrected chi connectivity index (χ2v) is 8.38. The number of carbonyl (C=O) groups is 1. The maximum atomic E-state index is 12.7. The van der Waals surface area contributed by atoms with Crippen molar-refractivity contribution in [1.82, 2.24) is 9.97 Å². The number of hydrogen-bond acceptors (Lipinski definition) is 4. The third-order valence-electron chi connectivity index (χ3n) is 5.59. The quantitative estimate of drug-likeness (QED) is 0.530. The first-order valence-corrected chi connectivity index (χ1v) is 11.1. The number of methoxy groups -OCH3 is 1. The summed E-state index contributed by atoms with van der Waals surface area (Å²) in [6.07, 6.45) is 5.76. The molecule has 1 aromatic heterocycles. The van der Waals surface area contributed by atoms with Crippen molar-refractivity contribution in [3.63, 3.8) is 0 Å². The summed E-state index contributed by atoms with van der Waals surface area (Å²) in [7, 11) is 1.68. The lowest BCUT2D eigenvalue weighted by atomic mass is 9.91. The number of amides is 1. The van der Waals surface area contributed by atoms with Gasteiger partial charge in [-0.15, -0.1) is 0 Å². The molecule has 0 fully saturated rings. The first-order valence-electron chi connectivity index (χ1n) is 11.1. The fourth-order valence-electron chi connectivity index (χ4n) is 4.02. The monoisotopic (exact) mass is 427 g/mol. The number of carbonyl (C=O) groups excluding carboxylic acids is 1. The molecule has 1 amide bonds. The molecule has 0 saturated carbocycles. The molecule has 32 heavy (non-hydrogen) atoms. The summed E-state index contributed by atoms with van der Waals surface area (Å²) in [5.41, 5.74) is 7.16. The highest BCUT2D eigenvalue weighted by Gasteiger charge is 2.22. The maximum absolute atomic E-state index is 12.7. The Kier molecular flexibility index (Phi) is 6.64. The van der Waals surface area contributed by atoms with Gasteiger partial charge in [0.1, 0.15) is 11.4 Å². The number of rotatable bonds is 7. The molecule has 0 aliphatic heterocycles. The highest BCUT2D eigenvalue weighted by Crippen LogP contribution is 2.35. The number of hydrogen-bond donors (Lipinski definition) is 1. The van der Waals surface area contributed by atoms with E-state index in [4.69, 9.17) is 14.7 Å². The average molecular weight is 428 g/mol. The fraction of sp³-hybridized carbons (Fsp3) is 0.296. The van der Waals surface area contributed by atoms with Gasteiger partial charge in [-0.2, -0.15) is 0 Å². The molecule has 1 aliphatic carbocycles. The SMILES string of the molecule is COc1ccc2c(c1)CCc1nc(NC(=O)CCCc3ccccc3)c(C=C(C)C)nc1-2. The summed E-state index contributed by atoms with van der Waals surface area (Å²) in [6.45, 7) is 4.04. The summed E-state index contributed by atoms with van der Waals surface area (Å²) in [6, 6.07) is 16.3. The summed E-state index contributed by atoms with van der Waals surface area (Å²) in [4.78, 5) is 22.4. The van der Waals surface area contributed by atoms with Gasteiger partial charge >= 0.3 is 0 Å². The third kappa shape index (κ3) is 5.05. The zero-order valence-electron chi connectivity index (χ0n) is 18.9. The molecule has 0 atom stereocenters. The minimum absolute atomic E-state index is 0.0282. The van der Waals surface area contributed by atoms with Gasteiger partial charge in [-0.3, -0.25) is 4.79 Å². The number of nitrogens with one attached hydrogen (secondary N) is 1. The zero-order chi connectivity index (χ0) is 22.5. The van der Waals surface area contributed by atoms with Crippen LogP contribution in [0, 0.1) is 0 Å². The number of anilines is 1. The molecule has 2 aromatic carbocycles. The van der Waals surface area contributed by atoms with Crippen LogP contribution < -0.4 is 10.1 Å². The van der Waals surface area contributed by atoms with Crippen molar-refractivity contribution >= 4 is 17.8 Å². The largest absolute Gasteiger partial charge is 0.497 e. The summed E-state index contributed by atoms with van der Waals surface area (Å²) >= 11 is 0. The summed E-state index contributed by atoms with van der Waals surface area (Å²) < 4.78 is 5.37. The van der Waals surface area contributed by atoms with Gasteiger partial charge in [0.15, 0.2) is 5.82 Å². The lowest BCUT2D eigenvalue weighted by Crippen LogP contribution is -2.17. The molecule has 0 unspecified atom stereocenters. The molecule has 3 aromatic rings. The Bertz CT molecular complexity index is 1150. The van der Waals surface area contributed by atoms with Gasteiger partial charge in [0.2, 0.25) is 5.91 Å². The van der Waals surface area contributed by atoms with E-state index in [2.05, 4.69) is 29.6 Å². The number of aromatic nitrogens is 2. The highest BCUT2D eigenvalue weighted by atomic mass is 16.5. The van der Waals surface area contributed by atoms with Crippen LogP contribution in [0.2, 0.25) is 0 Å². The minimum Gasteiger partial charge on any atom is -0.497 e. The smallest absolute Gasteiger partial charge is 0.225 e. The van der Waals surface area contributed by atoms with E-state index < -0.39 is 0 Å². The lowest BCUT2D eigenvalue weighted by Gasteiger charge is -2.21. The normalized spacial score (nSPS) is 11.8. The number of allylic oxidation sites excluding steroid dienone is 1. The van der Waals surface area contributed by atoms with Gasteiger partial charge in [0.05, 0.1) is 18.5 Å². The molecular weight excluding hydrogens is 398 g/mol. The zero-order valence-corrected chi connectivity index (χ0v) is 18.9. The van der Waals surface area contributed by atoms with Crippen LogP contribution in [0.15, 0.2) is 54.1 Å². The van der Waals surface area contributed by atoms with E-state index in [1.165, 1.54) is 11.1 Å². The Morgan fingerprint density at radius 1 is 1.09 bits per heavy atom. The predicted octanol–water partition coefficient (Wildman–Crippen LogP) is 5.64. The molecule has 1 aliphatic rings. The number of ether oxygens (including phenoxy) is 1. The maximum Gasteiger partial charge on any atom is 0.225 e. The molecule has 0 spiro atoms. The van der Waals surface area contributed by atoms with Crippen molar-refractivity contribution in [3.8, 4) is 17.0 Å². The third-order valence-corrected chi connectivity index (χ3v) is 5.59. The van der Waals surface area contributed by atoms with E-state index in [1.54, 1.807) is 7.11 Å². The molecule has 164 valence electrons. The van der Waals surface area contributed by atoms with Crippen molar-refractivity contribution in [3.05, 3.63) is 76.6 Å². The Labute approximate surface area is 189 Å². The van der Waals surface area contributed by atoms with Crippen LogP contribution in [0.4, 0.5) is 5.82 Å².